The molecule has 6 heteroatoms. The summed E-state index contributed by atoms with van der Waals surface area (Å²) in [6, 6.07) is 6.26. The van der Waals surface area contributed by atoms with Gasteiger partial charge in [0.05, 0.1) is 5.69 Å². The number of carbonyl (C=O) groups is 2. The van der Waals surface area contributed by atoms with Gasteiger partial charge in [0, 0.05) is 29.7 Å². The van der Waals surface area contributed by atoms with Gasteiger partial charge < -0.3 is 15.3 Å². The Morgan fingerprint density at radius 3 is 3.00 bits per heavy atom. The fourth-order valence-corrected chi connectivity index (χ4v) is 2.69. The van der Waals surface area contributed by atoms with Gasteiger partial charge in [-0.1, -0.05) is 12.1 Å². The van der Waals surface area contributed by atoms with Gasteiger partial charge in [-0.2, -0.15) is 0 Å². The lowest BCUT2D eigenvalue weighted by atomic mass is 10.1. The van der Waals surface area contributed by atoms with Crippen LogP contribution < -0.4 is 5.32 Å². The first-order valence-electron chi connectivity index (χ1n) is 6.80. The van der Waals surface area contributed by atoms with Crippen LogP contribution in [0.2, 0.25) is 0 Å². The molecule has 0 spiro atoms. The van der Waals surface area contributed by atoms with Gasteiger partial charge in [-0.05, 0) is 25.0 Å². The third-order valence-corrected chi connectivity index (χ3v) is 3.72. The third kappa shape index (κ3) is 2.52. The monoisotopic (exact) mass is 285 g/mol. The third-order valence-electron chi connectivity index (χ3n) is 3.72. The van der Waals surface area contributed by atoms with E-state index >= 15 is 0 Å². The number of benzene rings is 1. The summed E-state index contributed by atoms with van der Waals surface area (Å²) in [4.78, 5) is 28.9. The molecule has 6 nitrogen and oxygen atoms in total. The number of fused-ring (bicyclic) bond motifs is 1. The van der Waals surface area contributed by atoms with E-state index in [4.69, 9.17) is 5.11 Å². The number of likely N-dealkylation sites (tertiary alicyclic amines) is 1. The zero-order valence-corrected chi connectivity index (χ0v) is 11.3. The lowest BCUT2D eigenvalue weighted by molar-refractivity contribution is -0.141. The summed E-state index contributed by atoms with van der Waals surface area (Å²) < 4.78 is 0. The number of urea groups is 1. The van der Waals surface area contributed by atoms with E-state index in [-0.39, 0.29) is 6.03 Å². The molecule has 2 aromatic rings. The summed E-state index contributed by atoms with van der Waals surface area (Å²) in [7, 11) is 0. The average molecular weight is 285 g/mol. The molecule has 0 unspecified atom stereocenters. The highest BCUT2D eigenvalue weighted by atomic mass is 16.4. The molecule has 0 saturated carbocycles. The zero-order chi connectivity index (χ0) is 14.8. The molecular formula is C15H15N3O3. The van der Waals surface area contributed by atoms with E-state index in [0.717, 1.165) is 10.8 Å². The SMILES string of the molecule is O=C(O)[C@@H]1CCCN1C(=O)Nc1cccc2cnccc12. The van der Waals surface area contributed by atoms with E-state index in [0.29, 0.717) is 25.1 Å². The molecule has 2 amide bonds. The van der Waals surface area contributed by atoms with Gasteiger partial charge in [-0.15, -0.1) is 0 Å². The predicted molar refractivity (Wildman–Crippen MR) is 78.1 cm³/mol. The van der Waals surface area contributed by atoms with Crippen LogP contribution in [-0.4, -0.2) is 39.6 Å². The van der Waals surface area contributed by atoms with Crippen molar-refractivity contribution in [1.29, 1.82) is 0 Å². The summed E-state index contributed by atoms with van der Waals surface area (Å²) in [6.45, 7) is 0.467. The number of carboxylic acid groups (broad SMARTS) is 1. The standard InChI is InChI=1S/C15H15N3O3/c19-14(20)13-5-2-8-18(13)15(21)17-12-4-1-3-10-9-16-7-6-11(10)12/h1,3-4,6-7,9,13H,2,5,8H2,(H,17,21)(H,19,20)/t13-/m0/s1. The number of pyridine rings is 1. The van der Waals surface area contributed by atoms with Crippen LogP contribution in [0.4, 0.5) is 10.5 Å². The maximum absolute atomic E-state index is 12.3. The lowest BCUT2D eigenvalue weighted by Gasteiger charge is -2.22. The van der Waals surface area contributed by atoms with Gasteiger partial charge in [0.2, 0.25) is 0 Å². The molecular weight excluding hydrogens is 270 g/mol. The van der Waals surface area contributed by atoms with E-state index in [2.05, 4.69) is 10.3 Å². The minimum absolute atomic E-state index is 0.371. The number of nitrogens with one attached hydrogen (secondary N) is 1. The molecule has 0 aliphatic carbocycles. The van der Waals surface area contributed by atoms with E-state index < -0.39 is 12.0 Å². The van der Waals surface area contributed by atoms with Crippen molar-refractivity contribution in [1.82, 2.24) is 9.88 Å². The second kappa shape index (κ2) is 5.40. The summed E-state index contributed by atoms with van der Waals surface area (Å²) in [5.41, 5.74) is 0.663. The number of aromatic nitrogens is 1. The van der Waals surface area contributed by atoms with E-state index in [1.54, 1.807) is 18.5 Å². The van der Waals surface area contributed by atoms with E-state index in [1.165, 1.54) is 4.90 Å². The fraction of sp³-hybridized carbons (Fsp3) is 0.267. The molecule has 2 heterocycles. The second-order valence-corrected chi connectivity index (χ2v) is 5.02. The average Bonchev–Trinajstić information content (AvgIpc) is 2.97. The normalized spacial score (nSPS) is 17.9. The van der Waals surface area contributed by atoms with Gasteiger partial charge in [0.25, 0.3) is 0 Å². The summed E-state index contributed by atoms with van der Waals surface area (Å²) >= 11 is 0. The number of carbonyl (C=O) groups excluding carboxylic acids is 1. The van der Waals surface area contributed by atoms with Crippen LogP contribution in [-0.2, 0) is 4.79 Å². The van der Waals surface area contributed by atoms with Crippen LogP contribution in [0.1, 0.15) is 12.8 Å². The minimum atomic E-state index is -0.954. The molecule has 1 fully saturated rings. The van der Waals surface area contributed by atoms with Crippen LogP contribution in [0.15, 0.2) is 36.7 Å². The van der Waals surface area contributed by atoms with Crippen LogP contribution in [0.3, 0.4) is 0 Å². The first-order valence-corrected chi connectivity index (χ1v) is 6.80. The fourth-order valence-electron chi connectivity index (χ4n) is 2.69. The molecule has 3 rings (SSSR count). The number of nitrogens with zero attached hydrogens (tertiary/aromatic N) is 2. The summed E-state index contributed by atoms with van der Waals surface area (Å²) in [5.74, 6) is -0.954. The van der Waals surface area contributed by atoms with Crippen LogP contribution in [0.25, 0.3) is 10.8 Å². The largest absolute Gasteiger partial charge is 0.480 e. The topological polar surface area (TPSA) is 82.5 Å². The van der Waals surface area contributed by atoms with E-state index in [9.17, 15) is 9.59 Å². The summed E-state index contributed by atoms with van der Waals surface area (Å²) in [6.07, 6.45) is 4.60. The van der Waals surface area contributed by atoms with Crippen LogP contribution >= 0.6 is 0 Å². The van der Waals surface area contributed by atoms with Crippen molar-refractivity contribution < 1.29 is 14.7 Å². The van der Waals surface area contributed by atoms with Gasteiger partial charge in [-0.25, -0.2) is 9.59 Å². The van der Waals surface area contributed by atoms with Crippen molar-refractivity contribution in [2.45, 2.75) is 18.9 Å². The van der Waals surface area contributed by atoms with Gasteiger partial charge in [-0.3, -0.25) is 4.98 Å². The summed E-state index contributed by atoms with van der Waals surface area (Å²) in [5, 5.41) is 13.8. The van der Waals surface area contributed by atoms with Crippen LogP contribution in [0, 0.1) is 0 Å². The number of amides is 2. The minimum Gasteiger partial charge on any atom is -0.480 e. The van der Waals surface area contributed by atoms with Crippen molar-refractivity contribution in [3.8, 4) is 0 Å². The van der Waals surface area contributed by atoms with Crippen LogP contribution in [0.5, 0.6) is 0 Å². The Morgan fingerprint density at radius 1 is 1.33 bits per heavy atom. The maximum atomic E-state index is 12.3. The Hall–Kier alpha value is -2.63. The highest BCUT2D eigenvalue weighted by Gasteiger charge is 2.34. The highest BCUT2D eigenvalue weighted by molar-refractivity contribution is 6.02. The Bertz CT molecular complexity index is 696. The molecule has 0 bridgehead atoms. The molecule has 1 aromatic carbocycles. The van der Waals surface area contributed by atoms with Crippen molar-refractivity contribution in [3.63, 3.8) is 0 Å². The van der Waals surface area contributed by atoms with Crippen molar-refractivity contribution in [3.05, 3.63) is 36.7 Å². The molecule has 2 N–H and O–H groups in total. The molecule has 21 heavy (non-hydrogen) atoms. The zero-order valence-electron chi connectivity index (χ0n) is 11.3. The molecule has 0 radical (unpaired) electrons. The lowest BCUT2D eigenvalue weighted by Crippen LogP contribution is -2.42. The smallest absolute Gasteiger partial charge is 0.326 e. The number of aliphatic carboxylic acids is 1. The van der Waals surface area contributed by atoms with Gasteiger partial charge in [0.1, 0.15) is 6.04 Å². The quantitative estimate of drug-likeness (QED) is 0.887. The Kier molecular flexibility index (Phi) is 3.43. The molecule has 108 valence electrons. The van der Waals surface area contributed by atoms with Crippen molar-refractivity contribution in [2.24, 2.45) is 0 Å². The maximum Gasteiger partial charge on any atom is 0.326 e. The molecule has 1 aliphatic rings. The van der Waals surface area contributed by atoms with E-state index in [1.807, 2.05) is 18.2 Å². The Labute approximate surface area is 121 Å². The number of carboxylic acids is 1. The van der Waals surface area contributed by atoms with Gasteiger partial charge in [0.15, 0.2) is 0 Å². The first kappa shape index (κ1) is 13.4. The highest BCUT2D eigenvalue weighted by Crippen LogP contribution is 2.24. The number of hydrogen-bond acceptors (Lipinski definition) is 3. The Balaban J connectivity index is 1.85. The Morgan fingerprint density at radius 2 is 2.19 bits per heavy atom. The molecule has 1 aliphatic heterocycles. The number of rotatable bonds is 2. The number of anilines is 1. The van der Waals surface area contributed by atoms with Crippen molar-refractivity contribution >= 4 is 28.5 Å². The molecule has 1 saturated heterocycles. The van der Waals surface area contributed by atoms with Gasteiger partial charge >= 0.3 is 12.0 Å². The number of hydrogen-bond donors (Lipinski definition) is 2. The second-order valence-electron chi connectivity index (χ2n) is 5.02. The molecule has 1 atom stereocenters. The van der Waals surface area contributed by atoms with Crippen molar-refractivity contribution in [2.75, 3.05) is 11.9 Å². The first-order chi connectivity index (χ1) is 10.2. The molecule has 1 aromatic heterocycles. The predicted octanol–water partition coefficient (Wildman–Crippen LogP) is 2.32.